The predicted octanol–water partition coefficient (Wildman–Crippen LogP) is 5.23. The molecule has 0 bridgehead atoms. The van der Waals surface area contributed by atoms with Crippen molar-refractivity contribution in [1.82, 2.24) is 15.2 Å². The van der Waals surface area contributed by atoms with E-state index in [1.165, 1.54) is 12.3 Å². The molecule has 0 fully saturated rings. The zero-order valence-corrected chi connectivity index (χ0v) is 18.3. The molecule has 2 N–H and O–H groups in total. The number of aliphatic imine (C=N–C) groups is 1. The lowest BCUT2D eigenvalue weighted by atomic mass is 10.0. The normalized spacial score (nSPS) is 16.8. The Bertz CT molecular complexity index is 1020. The number of hydrogen-bond acceptors (Lipinski definition) is 4. The Labute approximate surface area is 183 Å². The second kappa shape index (κ2) is 10.1. The van der Waals surface area contributed by atoms with Crippen LogP contribution < -0.4 is 5.32 Å². The number of aromatic nitrogens is 1. The van der Waals surface area contributed by atoms with E-state index in [0.717, 1.165) is 29.8 Å². The third kappa shape index (κ3) is 5.40. The summed E-state index contributed by atoms with van der Waals surface area (Å²) in [6.07, 6.45) is 8.53. The number of rotatable bonds is 7. The molecule has 1 atom stereocenters. The minimum atomic E-state index is -0.393. The Hall–Kier alpha value is -3.41. The lowest BCUT2D eigenvalue weighted by Crippen LogP contribution is -2.38. The van der Waals surface area contributed by atoms with E-state index in [9.17, 15) is 9.50 Å². The zero-order chi connectivity index (χ0) is 22.4. The van der Waals surface area contributed by atoms with Gasteiger partial charge >= 0.3 is 0 Å². The number of phenolic OH excluding ortho intramolecular Hbond substituents is 1. The average Bonchev–Trinajstić information content (AvgIpc) is 2.77. The van der Waals surface area contributed by atoms with Crippen LogP contribution in [0.3, 0.4) is 0 Å². The maximum absolute atomic E-state index is 13.8. The molecule has 0 amide bonds. The van der Waals surface area contributed by atoms with Crippen LogP contribution in [0.25, 0.3) is 5.70 Å². The fraction of sp³-hybridized carbons (Fsp3) is 0.280. The van der Waals surface area contributed by atoms with Crippen molar-refractivity contribution >= 4 is 11.5 Å². The quantitative estimate of drug-likeness (QED) is 0.644. The number of pyridine rings is 1. The van der Waals surface area contributed by atoms with E-state index in [1.807, 2.05) is 30.2 Å². The molecule has 31 heavy (non-hydrogen) atoms. The van der Waals surface area contributed by atoms with Gasteiger partial charge in [-0.3, -0.25) is 9.98 Å². The van der Waals surface area contributed by atoms with Crippen LogP contribution in [-0.2, 0) is 6.42 Å². The third-order valence-corrected chi connectivity index (χ3v) is 5.39. The minimum absolute atomic E-state index is 0.246. The van der Waals surface area contributed by atoms with E-state index < -0.39 is 5.82 Å². The Kier molecular flexibility index (Phi) is 7.23. The first-order valence-electron chi connectivity index (χ1n) is 10.5. The van der Waals surface area contributed by atoms with E-state index >= 15 is 0 Å². The van der Waals surface area contributed by atoms with Gasteiger partial charge in [-0.2, -0.15) is 0 Å². The summed E-state index contributed by atoms with van der Waals surface area (Å²) in [6, 6.07) is 8.56. The van der Waals surface area contributed by atoms with Crippen molar-refractivity contribution in [3.05, 3.63) is 89.9 Å². The molecule has 1 aromatic carbocycles. The molecule has 1 aromatic heterocycles. The van der Waals surface area contributed by atoms with E-state index in [4.69, 9.17) is 4.99 Å². The first-order chi connectivity index (χ1) is 14.9. The monoisotopic (exact) mass is 420 g/mol. The summed E-state index contributed by atoms with van der Waals surface area (Å²) in [5, 5.41) is 12.8. The summed E-state index contributed by atoms with van der Waals surface area (Å²) in [4.78, 5) is 10.8. The molecule has 0 saturated carbocycles. The highest BCUT2D eigenvalue weighted by Gasteiger charge is 2.25. The number of aromatic hydroxyl groups is 1. The molecule has 3 rings (SSSR count). The first kappa shape index (κ1) is 22.3. The maximum Gasteiger partial charge on any atom is 0.149 e. The van der Waals surface area contributed by atoms with Crippen LogP contribution in [0.1, 0.15) is 38.3 Å². The second-order valence-corrected chi connectivity index (χ2v) is 7.55. The van der Waals surface area contributed by atoms with E-state index in [1.54, 1.807) is 18.3 Å². The average molecular weight is 421 g/mol. The largest absolute Gasteiger partial charge is 0.508 e. The highest BCUT2D eigenvalue weighted by atomic mass is 19.1. The topological polar surface area (TPSA) is 60.8 Å². The first-order valence-corrected chi connectivity index (χ1v) is 10.5. The molecular weight excluding hydrogens is 391 g/mol. The number of amidine groups is 1. The van der Waals surface area contributed by atoms with Crippen LogP contribution in [0.5, 0.6) is 5.75 Å². The van der Waals surface area contributed by atoms with Crippen molar-refractivity contribution in [1.29, 1.82) is 0 Å². The van der Waals surface area contributed by atoms with Gasteiger partial charge in [-0.1, -0.05) is 38.6 Å². The van der Waals surface area contributed by atoms with Gasteiger partial charge in [-0.15, -0.1) is 0 Å². The van der Waals surface area contributed by atoms with Gasteiger partial charge in [-0.25, -0.2) is 4.39 Å². The summed E-state index contributed by atoms with van der Waals surface area (Å²) < 4.78 is 13.8. The van der Waals surface area contributed by atoms with Gasteiger partial charge < -0.3 is 15.3 Å². The minimum Gasteiger partial charge on any atom is -0.508 e. The van der Waals surface area contributed by atoms with Crippen molar-refractivity contribution in [2.75, 3.05) is 6.54 Å². The molecule has 1 aliphatic heterocycles. The standard InChI is InChI=1S/C25H29FN4O/c1-5-17(3)24(6-2)30-16-23(20-13-21(26)15-27-14-20)29-25(18(30)4)28-12-11-19-7-9-22(31)10-8-19/h6-10,13-17,31H,4-5,11-12H2,1-3H3,(H,28,29)/b24-6-. The van der Waals surface area contributed by atoms with Crippen molar-refractivity contribution in [3.8, 4) is 5.75 Å². The smallest absolute Gasteiger partial charge is 0.149 e. The molecule has 0 spiro atoms. The van der Waals surface area contributed by atoms with Gasteiger partial charge in [-0.05, 0) is 49.4 Å². The Morgan fingerprint density at radius 3 is 2.71 bits per heavy atom. The summed E-state index contributed by atoms with van der Waals surface area (Å²) in [6.45, 7) is 11.1. The van der Waals surface area contributed by atoms with E-state index in [2.05, 4.69) is 36.8 Å². The fourth-order valence-corrected chi connectivity index (χ4v) is 3.45. The molecule has 0 aliphatic carbocycles. The van der Waals surface area contributed by atoms with Crippen LogP contribution in [-0.4, -0.2) is 27.4 Å². The van der Waals surface area contributed by atoms with Crippen LogP contribution in [0, 0.1) is 11.7 Å². The lowest BCUT2D eigenvalue weighted by molar-refractivity contribution is 0.474. The van der Waals surface area contributed by atoms with E-state index in [-0.39, 0.29) is 5.75 Å². The van der Waals surface area contributed by atoms with Crippen molar-refractivity contribution in [3.63, 3.8) is 0 Å². The summed E-state index contributed by atoms with van der Waals surface area (Å²) in [5.74, 6) is 0.815. The summed E-state index contributed by atoms with van der Waals surface area (Å²) in [7, 11) is 0. The number of benzene rings is 1. The molecule has 2 aromatic rings. The number of allylic oxidation sites excluding steroid dienone is 2. The molecule has 1 aliphatic rings. The number of phenols is 1. The molecular formula is C25H29FN4O. The number of nitrogens with zero attached hydrogens (tertiary/aromatic N) is 3. The van der Waals surface area contributed by atoms with E-state index in [0.29, 0.717) is 29.6 Å². The van der Waals surface area contributed by atoms with Crippen LogP contribution in [0.15, 0.2) is 78.0 Å². The number of halogens is 1. The molecule has 6 heteroatoms. The number of nitrogens with one attached hydrogen (secondary N) is 1. The Morgan fingerprint density at radius 2 is 2.06 bits per heavy atom. The molecule has 0 saturated heterocycles. The molecule has 0 radical (unpaired) electrons. The Balaban J connectivity index is 1.91. The SMILES string of the molecule is C=C1C(=NCCc2ccc(O)cc2)NC(c2cncc(F)c2)=CN1/C(=C\C)C(C)CC. The van der Waals surface area contributed by atoms with Gasteiger partial charge in [0.15, 0.2) is 0 Å². The third-order valence-electron chi connectivity index (χ3n) is 5.39. The van der Waals surface area contributed by atoms with Crippen molar-refractivity contribution in [2.45, 2.75) is 33.6 Å². The van der Waals surface area contributed by atoms with Crippen LogP contribution in [0.4, 0.5) is 4.39 Å². The predicted molar refractivity (Wildman–Crippen MR) is 124 cm³/mol. The highest BCUT2D eigenvalue weighted by Crippen LogP contribution is 2.29. The molecule has 1 unspecified atom stereocenters. The van der Waals surface area contributed by atoms with Gasteiger partial charge in [0, 0.05) is 30.2 Å². The second-order valence-electron chi connectivity index (χ2n) is 7.55. The zero-order valence-electron chi connectivity index (χ0n) is 18.3. The summed E-state index contributed by atoms with van der Waals surface area (Å²) >= 11 is 0. The fourth-order valence-electron chi connectivity index (χ4n) is 3.45. The lowest BCUT2D eigenvalue weighted by Gasteiger charge is -2.35. The van der Waals surface area contributed by atoms with Gasteiger partial charge in [0.05, 0.1) is 17.6 Å². The molecule has 2 heterocycles. The van der Waals surface area contributed by atoms with Crippen molar-refractivity contribution in [2.24, 2.45) is 10.9 Å². The maximum atomic E-state index is 13.8. The van der Waals surface area contributed by atoms with Crippen molar-refractivity contribution < 1.29 is 9.50 Å². The van der Waals surface area contributed by atoms with Gasteiger partial charge in [0.1, 0.15) is 17.4 Å². The Morgan fingerprint density at radius 1 is 1.32 bits per heavy atom. The molecule has 5 nitrogen and oxygen atoms in total. The van der Waals surface area contributed by atoms with Crippen LogP contribution >= 0.6 is 0 Å². The summed E-state index contributed by atoms with van der Waals surface area (Å²) in [5.41, 5.74) is 4.29. The number of hydrogen-bond donors (Lipinski definition) is 2. The van der Waals surface area contributed by atoms with Crippen LogP contribution in [0.2, 0.25) is 0 Å². The molecule has 162 valence electrons. The van der Waals surface area contributed by atoms with Gasteiger partial charge in [0.2, 0.25) is 0 Å². The van der Waals surface area contributed by atoms with Gasteiger partial charge in [0.25, 0.3) is 0 Å². The highest BCUT2D eigenvalue weighted by molar-refractivity contribution is 6.04.